The number of hydrogen-bond acceptors (Lipinski definition) is 10. The summed E-state index contributed by atoms with van der Waals surface area (Å²) in [5, 5.41) is 5.45. The van der Waals surface area contributed by atoms with Crippen molar-refractivity contribution in [1.29, 1.82) is 0 Å². The average molecular weight is 532 g/mol. The molecule has 0 bridgehead atoms. The van der Waals surface area contributed by atoms with Crippen molar-refractivity contribution in [3.63, 3.8) is 0 Å². The molecule has 3 heterocycles. The number of nitrogens with one attached hydrogen (secondary N) is 4. The highest BCUT2D eigenvalue weighted by molar-refractivity contribution is 7.92. The zero-order valence-electron chi connectivity index (χ0n) is 19.5. The van der Waals surface area contributed by atoms with Crippen molar-refractivity contribution in [1.82, 2.24) is 24.2 Å². The molecule has 0 radical (unpaired) electrons. The number of urea groups is 1. The van der Waals surface area contributed by atoms with Gasteiger partial charge in [-0.05, 0) is 43.7 Å². The molecule has 0 spiro atoms. The number of H-pyrrole nitrogens is 1. The second-order valence-corrected chi connectivity index (χ2v) is 10.7. The Bertz CT molecular complexity index is 1700. The third kappa shape index (κ3) is 4.65. The van der Waals surface area contributed by atoms with Crippen LogP contribution in [0.2, 0.25) is 0 Å². The molecule has 3 aromatic heterocycles. The van der Waals surface area contributed by atoms with Crippen LogP contribution in [0.1, 0.15) is 10.4 Å². The quantitative estimate of drug-likeness (QED) is 0.288. The van der Waals surface area contributed by atoms with E-state index in [1.54, 1.807) is 39.1 Å². The maximum absolute atomic E-state index is 13.0. The number of aryl methyl sites for hydroxylation is 2. The molecule has 0 aliphatic heterocycles. The van der Waals surface area contributed by atoms with Gasteiger partial charge in [-0.1, -0.05) is 0 Å². The molecular formula is C21H21N7O6S2. The fourth-order valence-electron chi connectivity index (χ4n) is 3.25. The van der Waals surface area contributed by atoms with E-state index >= 15 is 0 Å². The zero-order chi connectivity index (χ0) is 26.2. The number of nitrogens with zero attached hydrogens (tertiary/aromatic N) is 3. The number of sulfonamides is 1. The summed E-state index contributed by atoms with van der Waals surface area (Å²) in [7, 11) is -1.16. The smallest absolute Gasteiger partial charge is 0.335 e. The molecular weight excluding hydrogens is 510 g/mol. The molecule has 4 N–H and O–H groups in total. The summed E-state index contributed by atoms with van der Waals surface area (Å²) < 4.78 is 32.8. The largest absolute Gasteiger partial charge is 0.479 e. The van der Waals surface area contributed by atoms with Crippen molar-refractivity contribution in [2.24, 2.45) is 0 Å². The third-order valence-corrected chi connectivity index (χ3v) is 8.16. The fourth-order valence-corrected chi connectivity index (χ4v) is 5.68. The second-order valence-electron chi connectivity index (χ2n) is 7.54. The van der Waals surface area contributed by atoms with Crippen molar-refractivity contribution in [2.45, 2.75) is 18.1 Å². The first-order valence-corrected chi connectivity index (χ1v) is 12.6. The molecule has 0 fully saturated rings. The van der Waals surface area contributed by atoms with Crippen LogP contribution in [0.4, 0.5) is 16.2 Å². The lowest BCUT2D eigenvalue weighted by Crippen LogP contribution is -2.35. The van der Waals surface area contributed by atoms with Crippen molar-refractivity contribution in [3.05, 3.63) is 61.7 Å². The molecule has 0 atom stereocenters. The first-order valence-electron chi connectivity index (χ1n) is 10.3. The lowest BCUT2D eigenvalue weighted by Gasteiger charge is -2.12. The molecule has 0 aliphatic carbocycles. The summed E-state index contributed by atoms with van der Waals surface area (Å²) in [5.41, 5.74) is 0.281. The molecule has 36 heavy (non-hydrogen) atoms. The minimum absolute atomic E-state index is 0.0112. The molecule has 4 aromatic rings. The highest BCUT2D eigenvalue weighted by atomic mass is 32.2. The number of fused-ring (bicyclic) bond motifs is 1. The number of thiophene rings is 1. The summed E-state index contributed by atoms with van der Waals surface area (Å²) in [6, 6.07) is 5.22. The number of methoxy groups -OCH3 is 1. The third-order valence-electron chi connectivity index (χ3n) is 5.20. The van der Waals surface area contributed by atoms with Crippen LogP contribution in [0.5, 0.6) is 5.88 Å². The van der Waals surface area contributed by atoms with Crippen LogP contribution in [0, 0.1) is 13.8 Å². The van der Waals surface area contributed by atoms with Gasteiger partial charge in [-0.15, -0.1) is 11.3 Å². The Hall–Kier alpha value is -4.24. The van der Waals surface area contributed by atoms with Gasteiger partial charge < -0.3 is 20.4 Å². The Morgan fingerprint density at radius 1 is 1.19 bits per heavy atom. The maximum Gasteiger partial charge on any atom is 0.335 e. The normalized spacial score (nSPS) is 11.3. The van der Waals surface area contributed by atoms with E-state index in [4.69, 9.17) is 4.74 Å². The van der Waals surface area contributed by atoms with Gasteiger partial charge in [0.2, 0.25) is 11.8 Å². The first-order chi connectivity index (χ1) is 17.0. The summed E-state index contributed by atoms with van der Waals surface area (Å²) in [6.07, 6.45) is 1.09. The summed E-state index contributed by atoms with van der Waals surface area (Å²) >= 11 is 1.03. The van der Waals surface area contributed by atoms with Gasteiger partial charge in [-0.2, -0.15) is 9.55 Å². The Balaban J connectivity index is 1.64. The summed E-state index contributed by atoms with van der Waals surface area (Å²) in [5.74, 6) is -0.506. The Labute approximate surface area is 208 Å². The van der Waals surface area contributed by atoms with Gasteiger partial charge in [-0.3, -0.25) is 4.79 Å². The fraction of sp³-hybridized carbons (Fsp3) is 0.190. The van der Waals surface area contributed by atoms with Crippen LogP contribution in [0.25, 0.3) is 16.9 Å². The molecule has 0 saturated heterocycles. The Kier molecular flexibility index (Phi) is 6.51. The Morgan fingerprint density at radius 2 is 1.94 bits per heavy atom. The van der Waals surface area contributed by atoms with Crippen molar-refractivity contribution in [3.8, 4) is 11.8 Å². The average Bonchev–Trinajstić information content (AvgIpc) is 3.18. The number of carbonyl (C=O) groups excluding carboxylic acids is 1. The molecule has 1 aromatic carbocycles. The monoisotopic (exact) mass is 531 g/mol. The van der Waals surface area contributed by atoms with Crippen LogP contribution in [-0.4, -0.2) is 48.1 Å². The van der Waals surface area contributed by atoms with E-state index in [-0.39, 0.29) is 27.1 Å². The summed E-state index contributed by atoms with van der Waals surface area (Å²) in [4.78, 5) is 49.5. The van der Waals surface area contributed by atoms with E-state index in [1.807, 2.05) is 4.72 Å². The predicted molar refractivity (Wildman–Crippen MR) is 135 cm³/mol. The van der Waals surface area contributed by atoms with Gasteiger partial charge in [0.25, 0.3) is 15.6 Å². The number of hydrogen-bond donors (Lipinski definition) is 4. The highest BCUT2D eigenvalue weighted by Crippen LogP contribution is 2.25. The highest BCUT2D eigenvalue weighted by Gasteiger charge is 2.22. The van der Waals surface area contributed by atoms with Crippen molar-refractivity contribution >= 4 is 49.7 Å². The van der Waals surface area contributed by atoms with Crippen molar-refractivity contribution in [2.75, 3.05) is 24.8 Å². The van der Waals surface area contributed by atoms with Crippen LogP contribution in [-0.2, 0) is 10.0 Å². The molecule has 13 nitrogen and oxygen atoms in total. The first kappa shape index (κ1) is 24.9. The summed E-state index contributed by atoms with van der Waals surface area (Å²) in [6.45, 7) is 3.54. The van der Waals surface area contributed by atoms with Crippen LogP contribution >= 0.6 is 11.3 Å². The number of amides is 2. The van der Waals surface area contributed by atoms with Gasteiger partial charge in [0.15, 0.2) is 0 Å². The van der Waals surface area contributed by atoms with Crippen LogP contribution in [0.15, 0.2) is 44.3 Å². The van der Waals surface area contributed by atoms with Gasteiger partial charge in [0, 0.05) is 17.6 Å². The minimum atomic E-state index is -4.11. The predicted octanol–water partition coefficient (Wildman–Crippen LogP) is 1.71. The topological polar surface area (TPSA) is 177 Å². The second kappa shape index (κ2) is 9.43. The van der Waals surface area contributed by atoms with E-state index in [0.29, 0.717) is 11.2 Å². The molecule has 2 amide bonds. The number of ether oxygens (including phenoxy) is 1. The molecule has 0 aliphatic rings. The van der Waals surface area contributed by atoms with E-state index < -0.39 is 27.3 Å². The standard InChI is InChI=1S/C21H21N7O6S2/c1-10-7-16(35-11(10)2)36(32,33)27-20(30)24-15-9-23-19(26-17(15)34-4)28-18(29)13-6-5-12(22-3)8-14(13)25-21(28)31/h5-9,22H,1-4H3,(H,25,31)(H2,24,27,30). The molecule has 0 saturated carbocycles. The minimum Gasteiger partial charge on any atom is -0.479 e. The number of aromatic nitrogens is 4. The molecule has 188 valence electrons. The van der Waals surface area contributed by atoms with E-state index in [1.165, 1.54) is 13.2 Å². The van der Waals surface area contributed by atoms with E-state index in [0.717, 1.165) is 32.5 Å². The van der Waals surface area contributed by atoms with E-state index in [2.05, 4.69) is 25.6 Å². The lowest BCUT2D eigenvalue weighted by atomic mass is 10.2. The Morgan fingerprint density at radius 3 is 2.58 bits per heavy atom. The van der Waals surface area contributed by atoms with Gasteiger partial charge in [0.05, 0.1) is 24.2 Å². The van der Waals surface area contributed by atoms with Crippen LogP contribution < -0.4 is 31.3 Å². The number of carbonyl (C=O) groups is 1. The lowest BCUT2D eigenvalue weighted by molar-refractivity contribution is 0.256. The van der Waals surface area contributed by atoms with E-state index in [9.17, 15) is 22.8 Å². The maximum atomic E-state index is 13.0. The van der Waals surface area contributed by atoms with Crippen molar-refractivity contribution < 1.29 is 17.9 Å². The number of anilines is 2. The zero-order valence-corrected chi connectivity index (χ0v) is 21.1. The molecule has 4 rings (SSSR count). The van der Waals surface area contributed by atoms with Gasteiger partial charge in [-0.25, -0.2) is 27.7 Å². The SMILES string of the molecule is CNc1ccc2c(=O)n(-c3ncc(NC(=O)NS(=O)(=O)c4cc(C)c(C)s4)c(OC)n3)c(=O)[nH]c2c1. The number of aromatic amines is 1. The molecule has 0 unspecified atom stereocenters. The van der Waals surface area contributed by atoms with Crippen LogP contribution in [0.3, 0.4) is 0 Å². The molecule has 15 heteroatoms. The van der Waals surface area contributed by atoms with Gasteiger partial charge >= 0.3 is 11.7 Å². The van der Waals surface area contributed by atoms with Gasteiger partial charge in [0.1, 0.15) is 9.90 Å². The number of benzene rings is 1. The number of rotatable bonds is 6.